The summed E-state index contributed by atoms with van der Waals surface area (Å²) in [5.41, 5.74) is 1.50. The lowest BCUT2D eigenvalue weighted by Crippen LogP contribution is -2.33. The number of hydrogen-bond acceptors (Lipinski definition) is 5. The molecule has 0 spiro atoms. The van der Waals surface area contributed by atoms with Gasteiger partial charge in [0, 0.05) is 11.0 Å². The summed E-state index contributed by atoms with van der Waals surface area (Å²) in [6.45, 7) is 10.1. The Morgan fingerprint density at radius 2 is 1.88 bits per heavy atom. The zero-order valence-electron chi connectivity index (χ0n) is 19.3. The summed E-state index contributed by atoms with van der Waals surface area (Å²) in [7, 11) is 0. The Balaban J connectivity index is 1.81. The molecule has 0 fully saturated rings. The molecule has 2 aromatic carbocycles. The molecule has 0 N–H and O–H groups in total. The molecule has 2 heterocycles. The van der Waals surface area contributed by atoms with E-state index in [4.69, 9.17) is 9.15 Å². The van der Waals surface area contributed by atoms with Crippen LogP contribution in [0.15, 0.2) is 56.1 Å². The molecule has 4 rings (SSSR count). The SMILES string of the molecule is CCOc1cccc([C@@H]2c3c(oc4ccc(Br)cc4c3=O)C(=O)N2CCCN(CC)CC)c1. The first-order valence-electron chi connectivity index (χ1n) is 11.5. The highest BCUT2D eigenvalue weighted by Crippen LogP contribution is 2.39. The number of ether oxygens (including phenoxy) is 1. The van der Waals surface area contributed by atoms with Crippen LogP contribution in [-0.2, 0) is 0 Å². The van der Waals surface area contributed by atoms with Crippen LogP contribution in [0.25, 0.3) is 11.0 Å². The predicted molar refractivity (Wildman–Crippen MR) is 133 cm³/mol. The van der Waals surface area contributed by atoms with Crippen LogP contribution in [0, 0.1) is 0 Å². The predicted octanol–water partition coefficient (Wildman–Crippen LogP) is 5.23. The third-order valence-corrected chi connectivity index (χ3v) is 6.67. The Morgan fingerprint density at radius 3 is 2.61 bits per heavy atom. The Hall–Kier alpha value is -2.64. The summed E-state index contributed by atoms with van der Waals surface area (Å²) in [6, 6.07) is 12.4. The van der Waals surface area contributed by atoms with E-state index in [2.05, 4.69) is 34.7 Å². The van der Waals surface area contributed by atoms with E-state index in [0.717, 1.165) is 36.1 Å². The van der Waals surface area contributed by atoms with Crippen LogP contribution in [0.3, 0.4) is 0 Å². The van der Waals surface area contributed by atoms with Gasteiger partial charge in [-0.25, -0.2) is 0 Å². The Bertz CT molecular complexity index is 1220. The van der Waals surface area contributed by atoms with Gasteiger partial charge in [0.2, 0.25) is 5.76 Å². The molecule has 1 aromatic heterocycles. The van der Waals surface area contributed by atoms with Gasteiger partial charge in [0.05, 0.1) is 23.6 Å². The van der Waals surface area contributed by atoms with Gasteiger partial charge in [-0.3, -0.25) is 9.59 Å². The molecule has 3 aromatic rings. The number of hydrogen-bond donors (Lipinski definition) is 0. The molecule has 0 bridgehead atoms. The summed E-state index contributed by atoms with van der Waals surface area (Å²) in [5, 5.41) is 0.465. The maximum absolute atomic E-state index is 13.6. The Kier molecular flexibility index (Phi) is 7.20. The zero-order chi connectivity index (χ0) is 23.5. The van der Waals surface area contributed by atoms with Crippen molar-refractivity contribution in [3.05, 3.63) is 74.0 Å². The lowest BCUT2D eigenvalue weighted by atomic mass is 9.98. The van der Waals surface area contributed by atoms with Crippen LogP contribution in [0.2, 0.25) is 0 Å². The molecule has 0 saturated carbocycles. The average Bonchev–Trinajstić information content (AvgIpc) is 3.09. The van der Waals surface area contributed by atoms with Gasteiger partial charge in [0.25, 0.3) is 5.91 Å². The van der Waals surface area contributed by atoms with Gasteiger partial charge in [-0.05, 0) is 68.9 Å². The first-order chi connectivity index (χ1) is 16.0. The van der Waals surface area contributed by atoms with E-state index in [-0.39, 0.29) is 17.1 Å². The van der Waals surface area contributed by atoms with Gasteiger partial charge in [-0.2, -0.15) is 0 Å². The van der Waals surface area contributed by atoms with Crippen molar-refractivity contribution in [2.75, 3.05) is 32.8 Å². The maximum atomic E-state index is 13.6. The number of halogens is 1. The second kappa shape index (κ2) is 10.1. The van der Waals surface area contributed by atoms with Crippen molar-refractivity contribution >= 4 is 32.8 Å². The normalized spacial score (nSPS) is 15.5. The molecule has 1 atom stereocenters. The summed E-state index contributed by atoms with van der Waals surface area (Å²) in [6.07, 6.45) is 0.808. The zero-order valence-corrected chi connectivity index (χ0v) is 20.9. The lowest BCUT2D eigenvalue weighted by molar-refractivity contribution is 0.0720. The van der Waals surface area contributed by atoms with E-state index < -0.39 is 6.04 Å². The van der Waals surface area contributed by atoms with E-state index >= 15 is 0 Å². The van der Waals surface area contributed by atoms with Crippen molar-refractivity contribution < 1.29 is 13.9 Å². The van der Waals surface area contributed by atoms with Crippen LogP contribution in [0.5, 0.6) is 5.75 Å². The second-order valence-corrected chi connectivity index (χ2v) is 9.02. The topological polar surface area (TPSA) is 63.0 Å². The Morgan fingerprint density at radius 1 is 1.09 bits per heavy atom. The molecule has 174 valence electrons. The van der Waals surface area contributed by atoms with Gasteiger partial charge in [-0.15, -0.1) is 0 Å². The van der Waals surface area contributed by atoms with Crippen molar-refractivity contribution in [2.45, 2.75) is 33.2 Å². The molecule has 1 amide bonds. The number of rotatable bonds is 9. The third-order valence-electron chi connectivity index (χ3n) is 6.18. The minimum Gasteiger partial charge on any atom is -0.494 e. The minimum atomic E-state index is -0.510. The van der Waals surface area contributed by atoms with Crippen LogP contribution < -0.4 is 10.2 Å². The van der Waals surface area contributed by atoms with E-state index in [0.29, 0.717) is 35.4 Å². The lowest BCUT2D eigenvalue weighted by Gasteiger charge is -2.27. The molecular weight excluding hydrogens is 484 g/mol. The molecule has 0 aliphatic carbocycles. The van der Waals surface area contributed by atoms with Crippen molar-refractivity contribution in [3.8, 4) is 5.75 Å². The minimum absolute atomic E-state index is 0.143. The molecule has 0 unspecified atom stereocenters. The van der Waals surface area contributed by atoms with E-state index in [1.807, 2.05) is 37.3 Å². The molecule has 1 aliphatic rings. The molecular formula is C26H29BrN2O4. The molecule has 6 nitrogen and oxygen atoms in total. The first-order valence-corrected chi connectivity index (χ1v) is 12.3. The number of fused-ring (bicyclic) bond motifs is 2. The fourth-order valence-corrected chi connectivity index (χ4v) is 4.88. The monoisotopic (exact) mass is 512 g/mol. The number of amides is 1. The molecule has 7 heteroatoms. The fourth-order valence-electron chi connectivity index (χ4n) is 4.52. The maximum Gasteiger partial charge on any atom is 0.290 e. The highest BCUT2D eigenvalue weighted by molar-refractivity contribution is 9.10. The highest BCUT2D eigenvalue weighted by Gasteiger charge is 2.42. The van der Waals surface area contributed by atoms with Crippen LogP contribution in [0.1, 0.15) is 54.9 Å². The van der Waals surface area contributed by atoms with Gasteiger partial charge in [-0.1, -0.05) is 41.9 Å². The van der Waals surface area contributed by atoms with Crippen LogP contribution >= 0.6 is 15.9 Å². The van der Waals surface area contributed by atoms with Crippen molar-refractivity contribution in [1.29, 1.82) is 0 Å². The number of benzene rings is 2. The van der Waals surface area contributed by atoms with Gasteiger partial charge >= 0.3 is 0 Å². The molecule has 0 radical (unpaired) electrons. The summed E-state index contributed by atoms with van der Waals surface area (Å²) >= 11 is 3.44. The van der Waals surface area contributed by atoms with Crippen LogP contribution in [-0.4, -0.2) is 48.5 Å². The average molecular weight is 513 g/mol. The largest absolute Gasteiger partial charge is 0.494 e. The quantitative estimate of drug-likeness (QED) is 0.392. The summed E-state index contributed by atoms with van der Waals surface area (Å²) < 4.78 is 12.5. The second-order valence-electron chi connectivity index (χ2n) is 8.10. The standard InChI is InChI=1S/C26H29BrN2O4/c1-4-28(5-2)13-8-14-29-23(17-9-7-10-19(15-17)32-6-3)22-24(30)20-16-18(27)11-12-21(20)33-25(22)26(29)31/h7,9-12,15-16,23H,4-6,8,13-14H2,1-3H3/t23-/m1/s1. The Labute approximate surface area is 202 Å². The van der Waals surface area contributed by atoms with Gasteiger partial charge in [0.15, 0.2) is 5.43 Å². The van der Waals surface area contributed by atoms with E-state index in [1.165, 1.54) is 0 Å². The number of carbonyl (C=O) groups excluding carboxylic acids is 1. The smallest absolute Gasteiger partial charge is 0.290 e. The summed E-state index contributed by atoms with van der Waals surface area (Å²) in [4.78, 5) is 31.2. The number of nitrogens with zero attached hydrogens (tertiary/aromatic N) is 2. The third kappa shape index (κ3) is 4.57. The van der Waals surface area contributed by atoms with Crippen molar-refractivity contribution in [1.82, 2.24) is 9.80 Å². The van der Waals surface area contributed by atoms with Gasteiger partial charge in [0.1, 0.15) is 11.3 Å². The van der Waals surface area contributed by atoms with Crippen molar-refractivity contribution in [2.24, 2.45) is 0 Å². The van der Waals surface area contributed by atoms with E-state index in [9.17, 15) is 9.59 Å². The molecule has 0 saturated heterocycles. The number of carbonyl (C=O) groups is 1. The van der Waals surface area contributed by atoms with Gasteiger partial charge < -0.3 is 19.0 Å². The first kappa shape index (κ1) is 23.5. The summed E-state index contributed by atoms with van der Waals surface area (Å²) in [5.74, 6) is 0.620. The van der Waals surface area contributed by atoms with E-state index in [1.54, 1.807) is 17.0 Å². The molecule has 1 aliphatic heterocycles. The highest BCUT2D eigenvalue weighted by atomic mass is 79.9. The van der Waals surface area contributed by atoms with Crippen molar-refractivity contribution in [3.63, 3.8) is 0 Å². The van der Waals surface area contributed by atoms with Crippen LogP contribution in [0.4, 0.5) is 0 Å². The fraction of sp³-hybridized carbons (Fsp3) is 0.385. The molecule has 33 heavy (non-hydrogen) atoms.